The summed E-state index contributed by atoms with van der Waals surface area (Å²) in [6, 6.07) is 0.304. The summed E-state index contributed by atoms with van der Waals surface area (Å²) < 4.78 is 5.63. The minimum absolute atomic E-state index is 0.150. The summed E-state index contributed by atoms with van der Waals surface area (Å²) in [6.45, 7) is 8.39. The van der Waals surface area contributed by atoms with E-state index in [1.807, 2.05) is 31.9 Å². The van der Waals surface area contributed by atoms with E-state index in [0.717, 1.165) is 31.7 Å². The van der Waals surface area contributed by atoms with Crippen LogP contribution in [0.2, 0.25) is 0 Å². The van der Waals surface area contributed by atoms with Crippen LogP contribution in [-0.2, 0) is 11.3 Å². The van der Waals surface area contributed by atoms with E-state index in [2.05, 4.69) is 21.9 Å². The quantitative estimate of drug-likeness (QED) is 0.839. The van der Waals surface area contributed by atoms with Gasteiger partial charge in [0, 0.05) is 44.3 Å². The summed E-state index contributed by atoms with van der Waals surface area (Å²) in [6.07, 6.45) is 8.60. The highest BCUT2D eigenvalue weighted by atomic mass is 16.6. The fraction of sp³-hybridized carbons (Fsp3) is 0.737. The molecule has 3 unspecified atom stereocenters. The smallest absolute Gasteiger partial charge is 0.410 e. The van der Waals surface area contributed by atoms with E-state index in [0.29, 0.717) is 17.9 Å². The number of ether oxygens (including phenoxy) is 1. The minimum atomic E-state index is -0.438. The Kier molecular flexibility index (Phi) is 5.27. The second-order valence-electron chi connectivity index (χ2n) is 8.45. The third-order valence-electron chi connectivity index (χ3n) is 5.21. The summed E-state index contributed by atoms with van der Waals surface area (Å²) >= 11 is 0. The molecule has 1 aromatic heterocycles. The van der Waals surface area contributed by atoms with Crippen LogP contribution in [0.4, 0.5) is 4.79 Å². The van der Waals surface area contributed by atoms with Gasteiger partial charge in [-0.05, 0) is 52.5 Å². The van der Waals surface area contributed by atoms with Crippen molar-refractivity contribution in [3.8, 4) is 0 Å². The molecule has 0 spiro atoms. The monoisotopic (exact) mass is 346 g/mol. The van der Waals surface area contributed by atoms with Crippen molar-refractivity contribution >= 4 is 6.09 Å². The summed E-state index contributed by atoms with van der Waals surface area (Å²) in [7, 11) is 2.13. The summed E-state index contributed by atoms with van der Waals surface area (Å²) in [5.41, 5.74) is 0.545. The van der Waals surface area contributed by atoms with Crippen LogP contribution in [0.15, 0.2) is 18.6 Å². The number of nitrogens with zero attached hydrogens (tertiary/aromatic N) is 4. The Bertz CT molecular complexity index is 587. The molecule has 1 amide bonds. The summed E-state index contributed by atoms with van der Waals surface area (Å²) in [5, 5.41) is 0. The summed E-state index contributed by atoms with van der Waals surface area (Å²) in [4.78, 5) is 25.4. The molecule has 6 heteroatoms. The molecule has 1 aliphatic heterocycles. The molecule has 0 radical (unpaired) electrons. The summed E-state index contributed by atoms with van der Waals surface area (Å²) in [5.74, 6) is 1.10. The first-order valence-electron chi connectivity index (χ1n) is 9.26. The number of hydrogen-bond acceptors (Lipinski definition) is 5. The molecule has 138 valence electrons. The zero-order chi connectivity index (χ0) is 18.0. The number of fused-ring (bicyclic) bond motifs is 2. The second kappa shape index (κ2) is 7.28. The largest absolute Gasteiger partial charge is 0.444 e. The van der Waals surface area contributed by atoms with Gasteiger partial charge in [0.15, 0.2) is 0 Å². The normalized spacial score (nSPS) is 26.1. The maximum atomic E-state index is 12.6. The SMILES string of the molecule is CN(Cc1cnccn1)CC1C2CCCC1N(C(=O)OC(C)(C)C)C2. The molecule has 3 atom stereocenters. The maximum Gasteiger partial charge on any atom is 0.410 e. The van der Waals surface area contributed by atoms with E-state index in [1.54, 1.807) is 12.4 Å². The number of carbonyl (C=O) groups is 1. The van der Waals surface area contributed by atoms with Crippen LogP contribution in [-0.4, -0.2) is 57.6 Å². The molecule has 1 aliphatic carbocycles. The molecule has 0 aromatic carbocycles. The third kappa shape index (κ3) is 4.48. The van der Waals surface area contributed by atoms with Gasteiger partial charge in [0.05, 0.1) is 5.69 Å². The standard InChI is InChI=1S/C19H30N4O2/c1-19(2,3)25-18(24)23-11-14-6-5-7-17(23)16(14)13-22(4)12-15-10-20-8-9-21-15/h8-10,14,16-17H,5-7,11-13H2,1-4H3. The van der Waals surface area contributed by atoms with Crippen LogP contribution in [0.1, 0.15) is 45.7 Å². The van der Waals surface area contributed by atoms with Crippen molar-refractivity contribution in [1.82, 2.24) is 19.8 Å². The first-order chi connectivity index (χ1) is 11.8. The Morgan fingerprint density at radius 1 is 1.36 bits per heavy atom. The van der Waals surface area contributed by atoms with Gasteiger partial charge in [-0.25, -0.2) is 4.79 Å². The molecular weight excluding hydrogens is 316 g/mol. The van der Waals surface area contributed by atoms with E-state index in [-0.39, 0.29) is 6.09 Å². The van der Waals surface area contributed by atoms with Gasteiger partial charge in [0.2, 0.25) is 0 Å². The maximum absolute atomic E-state index is 12.6. The van der Waals surface area contributed by atoms with Crippen LogP contribution in [0.5, 0.6) is 0 Å². The fourth-order valence-corrected chi connectivity index (χ4v) is 4.25. The average Bonchev–Trinajstić information content (AvgIpc) is 2.73. The zero-order valence-electron chi connectivity index (χ0n) is 15.8. The molecule has 3 rings (SSSR count). The van der Waals surface area contributed by atoms with E-state index in [1.165, 1.54) is 12.8 Å². The molecule has 0 N–H and O–H groups in total. The van der Waals surface area contributed by atoms with Gasteiger partial charge in [-0.1, -0.05) is 6.42 Å². The fourth-order valence-electron chi connectivity index (χ4n) is 4.25. The van der Waals surface area contributed by atoms with Crippen molar-refractivity contribution in [2.75, 3.05) is 20.1 Å². The lowest BCUT2D eigenvalue weighted by Gasteiger charge is -2.34. The first-order valence-corrected chi connectivity index (χ1v) is 9.26. The van der Waals surface area contributed by atoms with Crippen molar-refractivity contribution in [1.29, 1.82) is 0 Å². The number of hydrogen-bond donors (Lipinski definition) is 0. The van der Waals surface area contributed by atoms with Gasteiger partial charge in [0.1, 0.15) is 5.60 Å². The molecule has 1 aromatic rings. The predicted octanol–water partition coefficient (Wildman–Crippen LogP) is 2.94. The van der Waals surface area contributed by atoms with Crippen LogP contribution < -0.4 is 0 Å². The molecular formula is C19H30N4O2. The van der Waals surface area contributed by atoms with Gasteiger partial charge in [-0.2, -0.15) is 0 Å². The van der Waals surface area contributed by atoms with Crippen molar-refractivity contribution in [3.05, 3.63) is 24.3 Å². The number of rotatable bonds is 4. The Morgan fingerprint density at radius 2 is 2.16 bits per heavy atom. The van der Waals surface area contributed by atoms with Gasteiger partial charge in [-0.3, -0.25) is 9.97 Å². The Labute approximate surface area is 150 Å². The molecule has 2 heterocycles. The lowest BCUT2D eigenvalue weighted by molar-refractivity contribution is 0.0192. The van der Waals surface area contributed by atoms with Crippen LogP contribution >= 0.6 is 0 Å². The van der Waals surface area contributed by atoms with Crippen molar-refractivity contribution < 1.29 is 9.53 Å². The highest BCUT2D eigenvalue weighted by Crippen LogP contribution is 2.41. The lowest BCUT2D eigenvalue weighted by Crippen LogP contribution is -2.43. The number of likely N-dealkylation sites (tertiary alicyclic amines) is 1. The Balaban J connectivity index is 1.63. The van der Waals surface area contributed by atoms with E-state index < -0.39 is 5.60 Å². The zero-order valence-corrected chi connectivity index (χ0v) is 15.8. The van der Waals surface area contributed by atoms with Gasteiger partial charge in [0.25, 0.3) is 0 Å². The average molecular weight is 346 g/mol. The van der Waals surface area contributed by atoms with Gasteiger partial charge in [-0.15, -0.1) is 0 Å². The first kappa shape index (κ1) is 18.1. The molecule has 25 heavy (non-hydrogen) atoms. The van der Waals surface area contributed by atoms with Crippen molar-refractivity contribution in [3.63, 3.8) is 0 Å². The predicted molar refractivity (Wildman–Crippen MR) is 95.9 cm³/mol. The van der Waals surface area contributed by atoms with E-state index in [9.17, 15) is 4.79 Å². The molecule has 1 saturated heterocycles. The van der Waals surface area contributed by atoms with Gasteiger partial charge < -0.3 is 14.5 Å². The van der Waals surface area contributed by atoms with Crippen LogP contribution in [0.3, 0.4) is 0 Å². The topological polar surface area (TPSA) is 58.6 Å². The molecule has 2 fully saturated rings. The van der Waals surface area contributed by atoms with Crippen molar-refractivity contribution in [2.45, 2.75) is 58.2 Å². The van der Waals surface area contributed by atoms with E-state index in [4.69, 9.17) is 4.74 Å². The molecule has 2 aliphatic rings. The lowest BCUT2D eigenvalue weighted by atomic mass is 9.79. The Morgan fingerprint density at radius 3 is 2.84 bits per heavy atom. The second-order valence-corrected chi connectivity index (χ2v) is 8.45. The number of carbonyl (C=O) groups excluding carboxylic acids is 1. The minimum Gasteiger partial charge on any atom is -0.444 e. The highest BCUT2D eigenvalue weighted by Gasteiger charge is 2.47. The molecule has 2 bridgehead atoms. The third-order valence-corrected chi connectivity index (χ3v) is 5.21. The van der Waals surface area contributed by atoms with Gasteiger partial charge >= 0.3 is 6.09 Å². The van der Waals surface area contributed by atoms with Crippen LogP contribution in [0.25, 0.3) is 0 Å². The van der Waals surface area contributed by atoms with E-state index >= 15 is 0 Å². The van der Waals surface area contributed by atoms with Crippen molar-refractivity contribution in [2.24, 2.45) is 11.8 Å². The Hall–Kier alpha value is -1.69. The highest BCUT2D eigenvalue weighted by molar-refractivity contribution is 5.69. The number of amides is 1. The molecule has 1 saturated carbocycles. The van der Waals surface area contributed by atoms with Crippen LogP contribution in [0, 0.1) is 11.8 Å². The number of aromatic nitrogens is 2. The molecule has 6 nitrogen and oxygen atoms in total.